The summed E-state index contributed by atoms with van der Waals surface area (Å²) in [7, 11) is 0. The summed E-state index contributed by atoms with van der Waals surface area (Å²) in [6.07, 6.45) is 8.18. The molecule has 0 spiro atoms. The van der Waals surface area contributed by atoms with E-state index < -0.39 is 0 Å². The highest BCUT2D eigenvalue weighted by molar-refractivity contribution is 6.57. The van der Waals surface area contributed by atoms with Crippen LogP contribution in [-0.4, -0.2) is 75.6 Å². The molecule has 0 amide bonds. The summed E-state index contributed by atoms with van der Waals surface area (Å²) in [6.45, 7) is 8.54. The number of ketones is 2. The van der Waals surface area contributed by atoms with Gasteiger partial charge < -0.3 is 19.3 Å². The lowest BCUT2D eigenvalue weighted by Gasteiger charge is -2.28. The molecule has 2 heterocycles. The number of carbonyl (C=O) groups excluding carboxylic acids is 2. The Morgan fingerprint density at radius 3 is 1.51 bits per heavy atom. The average Bonchev–Trinajstić information content (AvgIpc) is 3.03. The zero-order valence-corrected chi connectivity index (χ0v) is 25.4. The molecule has 0 bridgehead atoms. The number of morpholine rings is 2. The first-order valence-electron chi connectivity index (χ1n) is 14.1. The van der Waals surface area contributed by atoms with Crippen LogP contribution in [0.5, 0.6) is 0 Å². The highest BCUT2D eigenvalue weighted by Gasteiger charge is 2.18. The van der Waals surface area contributed by atoms with Gasteiger partial charge in [0.15, 0.2) is 5.78 Å². The lowest BCUT2D eigenvalue weighted by molar-refractivity contribution is -0.112. The van der Waals surface area contributed by atoms with Gasteiger partial charge in [0.2, 0.25) is 5.78 Å². The molecule has 2 aliphatic carbocycles. The zero-order valence-electron chi connectivity index (χ0n) is 23.8. The van der Waals surface area contributed by atoms with E-state index in [0.29, 0.717) is 5.71 Å². The van der Waals surface area contributed by atoms with Crippen molar-refractivity contribution in [2.24, 2.45) is 9.98 Å². The maximum absolute atomic E-state index is 11.5. The van der Waals surface area contributed by atoms with Crippen molar-refractivity contribution in [3.05, 3.63) is 94.5 Å². The van der Waals surface area contributed by atoms with E-state index in [-0.39, 0.29) is 21.6 Å². The number of nitrogens with zero attached hydrogens (tertiary/aromatic N) is 4. The van der Waals surface area contributed by atoms with Gasteiger partial charge in [0.05, 0.1) is 59.3 Å². The van der Waals surface area contributed by atoms with Crippen molar-refractivity contribution in [1.29, 1.82) is 0 Å². The third-order valence-electron chi connectivity index (χ3n) is 7.11. The van der Waals surface area contributed by atoms with Crippen molar-refractivity contribution in [2.45, 2.75) is 6.92 Å². The molecule has 222 valence electrons. The standard InChI is InChI=1S/C17H18N2O2.C16H14Cl2N2O2/c1-13-12-15(4-7-17(13)20)18-14-2-5-16(6-3-14)19-8-10-21-11-9-19;17-14-9-12(10-15(18)16(14)21)19-11-1-3-13(4-2-11)20-5-7-22-8-6-20/h2-7,12H,8-11H2,1H3;1-4,9-10H,5-8H2. The van der Waals surface area contributed by atoms with Crippen molar-refractivity contribution in [1.82, 2.24) is 0 Å². The molecule has 4 aliphatic rings. The highest BCUT2D eigenvalue weighted by atomic mass is 35.5. The van der Waals surface area contributed by atoms with E-state index in [1.165, 1.54) is 17.8 Å². The molecule has 2 fully saturated rings. The quantitative estimate of drug-likeness (QED) is 0.385. The molecule has 0 aromatic heterocycles. The Labute approximate surface area is 261 Å². The number of aliphatic imine (C=N–C) groups is 2. The molecule has 43 heavy (non-hydrogen) atoms. The van der Waals surface area contributed by atoms with Gasteiger partial charge in [0.25, 0.3) is 0 Å². The Hall–Kier alpha value is -3.82. The third-order valence-corrected chi connectivity index (χ3v) is 7.67. The molecule has 0 N–H and O–H groups in total. The van der Waals surface area contributed by atoms with Crippen LogP contribution in [0.4, 0.5) is 22.7 Å². The minimum atomic E-state index is -0.370. The van der Waals surface area contributed by atoms with Gasteiger partial charge in [-0.1, -0.05) is 23.2 Å². The predicted molar refractivity (Wildman–Crippen MR) is 174 cm³/mol. The number of carbonyl (C=O) groups is 2. The van der Waals surface area contributed by atoms with Crippen LogP contribution in [0, 0.1) is 0 Å². The van der Waals surface area contributed by atoms with E-state index in [1.807, 2.05) is 49.4 Å². The van der Waals surface area contributed by atoms with Crippen molar-refractivity contribution in [3.63, 3.8) is 0 Å². The van der Waals surface area contributed by atoms with Gasteiger partial charge in [-0.3, -0.25) is 9.59 Å². The molecular weight excluding hydrogens is 587 g/mol. The molecule has 10 heteroatoms. The number of Topliss-reactive ketones (excluding diaryl/α,β-unsaturated/α-hetero) is 1. The van der Waals surface area contributed by atoms with Crippen molar-refractivity contribution >= 4 is 68.9 Å². The topological polar surface area (TPSA) is 83.8 Å². The Morgan fingerprint density at radius 1 is 0.628 bits per heavy atom. The average molecular weight is 620 g/mol. The molecule has 2 aliphatic heterocycles. The van der Waals surface area contributed by atoms with Crippen LogP contribution >= 0.6 is 23.2 Å². The molecule has 0 radical (unpaired) electrons. The second-order valence-corrected chi connectivity index (χ2v) is 11.0. The van der Waals surface area contributed by atoms with Gasteiger partial charge in [0, 0.05) is 37.6 Å². The summed E-state index contributed by atoms with van der Waals surface area (Å²) in [5.41, 5.74) is 6.12. The third kappa shape index (κ3) is 8.39. The van der Waals surface area contributed by atoms with Gasteiger partial charge >= 0.3 is 0 Å². The first kappa shape index (κ1) is 30.6. The van der Waals surface area contributed by atoms with E-state index in [9.17, 15) is 9.59 Å². The molecule has 6 rings (SSSR count). The highest BCUT2D eigenvalue weighted by Crippen LogP contribution is 2.25. The van der Waals surface area contributed by atoms with Gasteiger partial charge in [-0.25, -0.2) is 9.98 Å². The number of benzene rings is 2. The van der Waals surface area contributed by atoms with Crippen LogP contribution in [0.1, 0.15) is 6.92 Å². The summed E-state index contributed by atoms with van der Waals surface area (Å²) in [4.78, 5) is 36.4. The fourth-order valence-corrected chi connectivity index (χ4v) is 5.21. The van der Waals surface area contributed by atoms with Crippen LogP contribution in [0.3, 0.4) is 0 Å². The van der Waals surface area contributed by atoms with E-state index >= 15 is 0 Å². The van der Waals surface area contributed by atoms with Crippen molar-refractivity contribution in [3.8, 4) is 0 Å². The van der Waals surface area contributed by atoms with Gasteiger partial charge in [0.1, 0.15) is 0 Å². The largest absolute Gasteiger partial charge is 0.378 e. The van der Waals surface area contributed by atoms with Gasteiger partial charge in [-0.15, -0.1) is 0 Å². The van der Waals surface area contributed by atoms with E-state index in [2.05, 4.69) is 31.9 Å². The Morgan fingerprint density at radius 2 is 1.07 bits per heavy atom. The maximum Gasteiger partial charge on any atom is 0.215 e. The molecule has 2 saturated heterocycles. The number of ether oxygens (including phenoxy) is 2. The number of hydrogen-bond acceptors (Lipinski definition) is 8. The number of allylic oxidation sites excluding steroid dienone is 8. The summed E-state index contributed by atoms with van der Waals surface area (Å²) >= 11 is 11.7. The number of halogens is 2. The van der Waals surface area contributed by atoms with E-state index in [4.69, 9.17) is 32.7 Å². The van der Waals surface area contributed by atoms with E-state index in [0.717, 1.165) is 81.0 Å². The SMILES string of the molecule is CC1=CC(=Nc2ccc(N3CCOCC3)cc2)C=CC1=O.O=C1C(Cl)=CC(=Nc2ccc(N3CCOCC3)cc2)C=C1Cl. The zero-order chi connectivity index (χ0) is 30.2. The van der Waals surface area contributed by atoms with Crippen LogP contribution in [0.15, 0.2) is 105 Å². The second-order valence-electron chi connectivity index (χ2n) is 10.1. The molecular formula is C33H32Cl2N4O4. The number of anilines is 2. The van der Waals surface area contributed by atoms with Gasteiger partial charge in [-0.05, 0) is 91.4 Å². The smallest absolute Gasteiger partial charge is 0.215 e. The first-order chi connectivity index (χ1) is 20.9. The monoisotopic (exact) mass is 618 g/mol. The van der Waals surface area contributed by atoms with Crippen LogP contribution in [0.2, 0.25) is 0 Å². The minimum absolute atomic E-state index is 0.0524. The predicted octanol–water partition coefficient (Wildman–Crippen LogP) is 6.10. The lowest BCUT2D eigenvalue weighted by Crippen LogP contribution is -2.36. The van der Waals surface area contributed by atoms with Crippen LogP contribution in [-0.2, 0) is 19.1 Å². The fourth-order valence-electron chi connectivity index (χ4n) is 4.73. The lowest BCUT2D eigenvalue weighted by atomic mass is 10.1. The summed E-state index contributed by atoms with van der Waals surface area (Å²) in [6, 6.07) is 16.1. The van der Waals surface area contributed by atoms with Crippen molar-refractivity contribution in [2.75, 3.05) is 62.4 Å². The molecule has 2 aromatic rings. The second kappa shape index (κ2) is 14.6. The number of rotatable bonds is 4. The number of hydrogen-bond donors (Lipinski definition) is 0. The Bertz CT molecular complexity index is 1500. The molecule has 2 aromatic carbocycles. The van der Waals surface area contributed by atoms with Gasteiger partial charge in [-0.2, -0.15) is 0 Å². The Balaban J connectivity index is 0.000000171. The molecule has 8 nitrogen and oxygen atoms in total. The summed E-state index contributed by atoms with van der Waals surface area (Å²) in [5, 5.41) is 0.160. The summed E-state index contributed by atoms with van der Waals surface area (Å²) < 4.78 is 10.7. The first-order valence-corrected chi connectivity index (χ1v) is 14.8. The Kier molecular flexibility index (Phi) is 10.4. The van der Waals surface area contributed by atoms with Crippen LogP contribution < -0.4 is 9.80 Å². The van der Waals surface area contributed by atoms with Crippen molar-refractivity contribution < 1.29 is 19.1 Å². The fraction of sp³-hybridized carbons (Fsp3) is 0.273. The molecule has 0 atom stereocenters. The minimum Gasteiger partial charge on any atom is -0.378 e. The molecule has 0 unspecified atom stereocenters. The molecule has 0 saturated carbocycles. The van der Waals surface area contributed by atoms with Crippen LogP contribution in [0.25, 0.3) is 0 Å². The summed E-state index contributed by atoms with van der Waals surface area (Å²) in [5.74, 6) is -0.318. The van der Waals surface area contributed by atoms with E-state index in [1.54, 1.807) is 12.2 Å². The normalized spacial score (nSPS) is 19.8. The maximum atomic E-state index is 11.5.